The lowest BCUT2D eigenvalue weighted by Gasteiger charge is -2.27. The van der Waals surface area contributed by atoms with Gasteiger partial charge in [-0.3, -0.25) is 9.78 Å². The monoisotopic (exact) mass is 377 g/mol. The molecule has 0 saturated carbocycles. The van der Waals surface area contributed by atoms with Gasteiger partial charge in [0.15, 0.2) is 0 Å². The van der Waals surface area contributed by atoms with E-state index in [-0.39, 0.29) is 5.91 Å². The molecule has 3 aromatic rings. The molecular weight excluding hydrogens is 354 g/mol. The Morgan fingerprint density at radius 3 is 2.75 bits per heavy atom. The highest BCUT2D eigenvalue weighted by Gasteiger charge is 2.14. The van der Waals surface area contributed by atoms with Gasteiger partial charge >= 0.3 is 0 Å². The van der Waals surface area contributed by atoms with Crippen LogP contribution in [-0.4, -0.2) is 55.3 Å². The van der Waals surface area contributed by atoms with Gasteiger partial charge in [-0.2, -0.15) is 0 Å². The molecule has 0 atom stereocenters. The van der Waals surface area contributed by atoms with Crippen molar-refractivity contribution in [3.8, 4) is 11.1 Å². The molecule has 1 aliphatic heterocycles. The van der Waals surface area contributed by atoms with E-state index in [0.717, 1.165) is 41.1 Å². The van der Waals surface area contributed by atoms with Gasteiger partial charge in [-0.05, 0) is 35.4 Å². The van der Waals surface area contributed by atoms with E-state index < -0.39 is 0 Å². The Balaban J connectivity index is 1.64. The van der Waals surface area contributed by atoms with Gasteiger partial charge < -0.3 is 20.7 Å². The molecule has 7 heteroatoms. The van der Waals surface area contributed by atoms with Crippen molar-refractivity contribution in [3.05, 3.63) is 54.2 Å². The number of anilines is 1. The molecule has 1 fully saturated rings. The zero-order valence-electron chi connectivity index (χ0n) is 15.6. The molecule has 1 aliphatic rings. The summed E-state index contributed by atoms with van der Waals surface area (Å²) in [5.74, 6) is 0.741. The predicted octanol–water partition coefficient (Wildman–Crippen LogP) is 1.82. The minimum absolute atomic E-state index is 0.123. The van der Waals surface area contributed by atoms with Crippen LogP contribution >= 0.6 is 0 Å². The number of amides is 1. The maximum absolute atomic E-state index is 12.2. The van der Waals surface area contributed by atoms with Gasteiger partial charge in [0, 0.05) is 31.7 Å². The van der Waals surface area contributed by atoms with Crippen molar-refractivity contribution in [2.45, 2.75) is 0 Å². The largest absolute Gasteiger partial charge is 0.378 e. The smallest absolute Gasteiger partial charge is 0.251 e. The zero-order valence-corrected chi connectivity index (χ0v) is 15.6. The molecule has 1 aromatic heterocycles. The van der Waals surface area contributed by atoms with Crippen LogP contribution in [0, 0.1) is 0 Å². The third-order valence-electron chi connectivity index (χ3n) is 4.75. The van der Waals surface area contributed by atoms with Crippen molar-refractivity contribution in [1.82, 2.24) is 15.3 Å². The molecule has 0 spiro atoms. The second kappa shape index (κ2) is 8.33. The number of nitrogens with two attached hydrogens (primary N) is 1. The fourth-order valence-electron chi connectivity index (χ4n) is 3.25. The Kier molecular flexibility index (Phi) is 5.45. The Morgan fingerprint density at radius 2 is 1.93 bits per heavy atom. The van der Waals surface area contributed by atoms with Crippen LogP contribution in [-0.2, 0) is 4.74 Å². The summed E-state index contributed by atoms with van der Waals surface area (Å²) in [6.07, 6.45) is 1.82. The van der Waals surface area contributed by atoms with Crippen LogP contribution in [0.15, 0.2) is 48.7 Å². The van der Waals surface area contributed by atoms with Crippen molar-refractivity contribution >= 4 is 22.8 Å². The molecule has 28 heavy (non-hydrogen) atoms. The highest BCUT2D eigenvalue weighted by molar-refractivity contribution is 5.95. The molecule has 1 amide bonds. The van der Waals surface area contributed by atoms with Crippen molar-refractivity contribution in [2.24, 2.45) is 5.73 Å². The lowest BCUT2D eigenvalue weighted by molar-refractivity contribution is 0.0955. The van der Waals surface area contributed by atoms with Gasteiger partial charge in [0.1, 0.15) is 5.82 Å². The highest BCUT2D eigenvalue weighted by atomic mass is 16.5. The van der Waals surface area contributed by atoms with Crippen LogP contribution in [0.5, 0.6) is 0 Å². The Hall–Kier alpha value is -3.03. The molecule has 0 unspecified atom stereocenters. The van der Waals surface area contributed by atoms with E-state index in [1.165, 1.54) is 0 Å². The lowest BCUT2D eigenvalue weighted by atomic mass is 10.0. The van der Waals surface area contributed by atoms with Gasteiger partial charge in [-0.25, -0.2) is 4.98 Å². The van der Waals surface area contributed by atoms with Crippen molar-refractivity contribution in [3.63, 3.8) is 0 Å². The molecule has 4 rings (SSSR count). The first-order chi connectivity index (χ1) is 13.7. The second-order valence-corrected chi connectivity index (χ2v) is 6.66. The average molecular weight is 377 g/mol. The molecule has 0 radical (unpaired) electrons. The van der Waals surface area contributed by atoms with E-state index in [2.05, 4.69) is 15.2 Å². The fraction of sp³-hybridized carbons (Fsp3) is 0.286. The number of rotatable bonds is 5. The molecule has 2 heterocycles. The second-order valence-electron chi connectivity index (χ2n) is 6.66. The van der Waals surface area contributed by atoms with E-state index >= 15 is 0 Å². The summed E-state index contributed by atoms with van der Waals surface area (Å²) in [7, 11) is 0. The van der Waals surface area contributed by atoms with E-state index in [0.29, 0.717) is 31.9 Å². The van der Waals surface area contributed by atoms with Crippen molar-refractivity contribution < 1.29 is 9.53 Å². The van der Waals surface area contributed by atoms with E-state index in [9.17, 15) is 4.79 Å². The minimum atomic E-state index is -0.123. The number of fused-ring (bicyclic) bond motifs is 1. The normalized spacial score (nSPS) is 14.2. The first-order valence-corrected chi connectivity index (χ1v) is 9.43. The summed E-state index contributed by atoms with van der Waals surface area (Å²) >= 11 is 0. The minimum Gasteiger partial charge on any atom is -0.378 e. The number of hydrogen-bond donors (Lipinski definition) is 2. The van der Waals surface area contributed by atoms with Gasteiger partial charge in [0.05, 0.1) is 30.4 Å². The Morgan fingerprint density at radius 1 is 1.11 bits per heavy atom. The van der Waals surface area contributed by atoms with Gasteiger partial charge in [0.2, 0.25) is 0 Å². The number of aromatic nitrogens is 2. The Bertz CT molecular complexity index is 985. The van der Waals surface area contributed by atoms with Crippen LogP contribution in [0.25, 0.3) is 22.2 Å². The van der Waals surface area contributed by atoms with Crippen LogP contribution in [0.2, 0.25) is 0 Å². The number of hydrogen-bond acceptors (Lipinski definition) is 6. The number of carbonyl (C=O) groups excluding carboxylic acids is 1. The third-order valence-corrected chi connectivity index (χ3v) is 4.75. The summed E-state index contributed by atoms with van der Waals surface area (Å²) in [5, 5.41) is 2.80. The maximum Gasteiger partial charge on any atom is 0.251 e. The number of ether oxygens (including phenoxy) is 1. The molecular formula is C21H23N5O2. The Labute approximate surface area is 163 Å². The standard InChI is InChI=1S/C21H23N5O2/c22-6-7-23-21(27)17-3-1-2-15(12-17)16-4-5-18-19(13-16)25-20(14-24-18)26-8-10-28-11-9-26/h1-5,12-14H,6-11,22H2,(H,23,27). The quantitative estimate of drug-likeness (QED) is 0.705. The first kappa shape index (κ1) is 18.3. The summed E-state index contributed by atoms with van der Waals surface area (Å²) in [6, 6.07) is 13.5. The topological polar surface area (TPSA) is 93.4 Å². The van der Waals surface area contributed by atoms with E-state index in [1.807, 2.05) is 42.6 Å². The number of benzene rings is 2. The number of nitrogens with zero attached hydrogens (tertiary/aromatic N) is 3. The molecule has 0 aliphatic carbocycles. The number of carbonyl (C=O) groups is 1. The molecule has 0 bridgehead atoms. The fourth-order valence-corrected chi connectivity index (χ4v) is 3.25. The third kappa shape index (κ3) is 3.95. The van der Waals surface area contributed by atoms with E-state index in [1.54, 1.807) is 6.07 Å². The summed E-state index contributed by atoms with van der Waals surface area (Å²) < 4.78 is 5.41. The zero-order chi connectivity index (χ0) is 19.3. The van der Waals surface area contributed by atoms with Gasteiger partial charge in [-0.15, -0.1) is 0 Å². The van der Waals surface area contributed by atoms with Gasteiger partial charge in [0.25, 0.3) is 5.91 Å². The summed E-state index contributed by atoms with van der Waals surface area (Å²) in [4.78, 5) is 23.7. The molecule has 144 valence electrons. The van der Waals surface area contributed by atoms with Crippen LogP contribution in [0.3, 0.4) is 0 Å². The molecule has 2 aromatic carbocycles. The SMILES string of the molecule is NCCNC(=O)c1cccc(-c2ccc3ncc(N4CCOCC4)nc3c2)c1. The molecule has 7 nitrogen and oxygen atoms in total. The van der Waals surface area contributed by atoms with Crippen LogP contribution < -0.4 is 16.0 Å². The average Bonchev–Trinajstić information content (AvgIpc) is 2.77. The highest BCUT2D eigenvalue weighted by Crippen LogP contribution is 2.25. The number of nitrogens with one attached hydrogen (secondary N) is 1. The van der Waals surface area contributed by atoms with Crippen LogP contribution in [0.1, 0.15) is 10.4 Å². The molecule has 3 N–H and O–H groups in total. The van der Waals surface area contributed by atoms with Crippen molar-refractivity contribution in [1.29, 1.82) is 0 Å². The van der Waals surface area contributed by atoms with E-state index in [4.69, 9.17) is 15.5 Å². The molecule has 1 saturated heterocycles. The summed E-state index contributed by atoms with van der Waals surface area (Å²) in [6.45, 7) is 3.93. The van der Waals surface area contributed by atoms with Crippen molar-refractivity contribution in [2.75, 3.05) is 44.3 Å². The van der Waals surface area contributed by atoms with Gasteiger partial charge in [-0.1, -0.05) is 18.2 Å². The maximum atomic E-state index is 12.2. The predicted molar refractivity (Wildman–Crippen MR) is 109 cm³/mol. The first-order valence-electron chi connectivity index (χ1n) is 9.43. The van der Waals surface area contributed by atoms with Crippen LogP contribution in [0.4, 0.5) is 5.82 Å². The number of morpholine rings is 1. The lowest BCUT2D eigenvalue weighted by Crippen LogP contribution is -2.36. The summed E-state index contributed by atoms with van der Waals surface area (Å²) in [5.41, 5.74) is 9.70.